The summed E-state index contributed by atoms with van der Waals surface area (Å²) in [5, 5.41) is 8.57. The molecule has 0 fully saturated rings. The van der Waals surface area contributed by atoms with Gasteiger partial charge in [-0.15, -0.1) is 0 Å². The third-order valence-electron chi connectivity index (χ3n) is 6.09. The van der Waals surface area contributed by atoms with Crippen LogP contribution in [-0.2, 0) is 33.2 Å². The summed E-state index contributed by atoms with van der Waals surface area (Å²) in [5.74, 6) is 2.43. The minimum Gasteiger partial charge on any atom is -0.394 e. The first-order chi connectivity index (χ1) is 18.1. The molecule has 0 bridgehead atoms. The molecule has 0 aliphatic rings. The van der Waals surface area contributed by atoms with Gasteiger partial charge in [-0.05, 0) is 24.2 Å². The van der Waals surface area contributed by atoms with Gasteiger partial charge in [0.05, 0.1) is 92.5 Å². The van der Waals surface area contributed by atoms with Gasteiger partial charge in [-0.3, -0.25) is 0 Å². The lowest BCUT2D eigenvalue weighted by Gasteiger charge is -2.15. The number of rotatable bonds is 31. The second-order valence-electron chi connectivity index (χ2n) is 10.3. The molecule has 0 rings (SSSR count). The van der Waals surface area contributed by atoms with Crippen molar-refractivity contribution < 1.29 is 38.3 Å². The van der Waals surface area contributed by atoms with E-state index in [0.717, 1.165) is 30.8 Å². The fourth-order valence-corrected chi connectivity index (χ4v) is 3.75. The average Bonchev–Trinajstić information content (AvgIpc) is 2.87. The number of ether oxygens (including phenoxy) is 7. The molecule has 224 valence electrons. The Bertz CT molecular complexity index is 425. The van der Waals surface area contributed by atoms with Crippen LogP contribution < -0.4 is 0 Å². The zero-order chi connectivity index (χ0) is 27.2. The zero-order valence-corrected chi connectivity index (χ0v) is 24.6. The average molecular weight is 537 g/mol. The zero-order valence-electron chi connectivity index (χ0n) is 24.6. The van der Waals surface area contributed by atoms with Gasteiger partial charge in [0.2, 0.25) is 0 Å². The van der Waals surface area contributed by atoms with Crippen LogP contribution in [0.1, 0.15) is 72.6 Å². The lowest BCUT2D eigenvalue weighted by molar-refractivity contribution is -0.0217. The molecule has 8 nitrogen and oxygen atoms in total. The Morgan fingerprint density at radius 3 is 1.03 bits per heavy atom. The maximum absolute atomic E-state index is 8.57. The van der Waals surface area contributed by atoms with Crippen LogP contribution in [0.15, 0.2) is 0 Å². The van der Waals surface area contributed by atoms with E-state index in [-0.39, 0.29) is 6.61 Å². The Morgan fingerprint density at radius 2 is 0.676 bits per heavy atom. The standard InChI is InChI=1S/C29H60O8/c1-27(2)7-5-8-28(3)9-6-10-29(4)11-13-31-15-17-33-19-21-35-23-25-37-26-24-36-22-20-34-18-16-32-14-12-30/h27-30H,5-26H2,1-4H3. The highest BCUT2D eigenvalue weighted by Gasteiger charge is 2.06. The van der Waals surface area contributed by atoms with E-state index in [2.05, 4.69) is 27.7 Å². The van der Waals surface area contributed by atoms with Crippen molar-refractivity contribution in [2.24, 2.45) is 17.8 Å². The summed E-state index contributed by atoms with van der Waals surface area (Å²) in [4.78, 5) is 0. The molecule has 0 heterocycles. The number of aliphatic hydroxyl groups excluding tert-OH is 1. The van der Waals surface area contributed by atoms with Crippen molar-refractivity contribution in [2.75, 3.05) is 99.1 Å². The third kappa shape index (κ3) is 31.8. The van der Waals surface area contributed by atoms with Gasteiger partial charge < -0.3 is 38.3 Å². The van der Waals surface area contributed by atoms with Crippen molar-refractivity contribution in [3.8, 4) is 0 Å². The van der Waals surface area contributed by atoms with Crippen LogP contribution in [-0.4, -0.2) is 104 Å². The number of hydrogen-bond donors (Lipinski definition) is 1. The van der Waals surface area contributed by atoms with E-state index < -0.39 is 0 Å². The van der Waals surface area contributed by atoms with Gasteiger partial charge in [-0.1, -0.05) is 66.2 Å². The predicted octanol–water partition coefficient (Wildman–Crippen LogP) is 4.75. The Balaban J connectivity index is 3.18. The molecule has 0 saturated heterocycles. The van der Waals surface area contributed by atoms with Crippen LogP contribution in [0.2, 0.25) is 0 Å². The van der Waals surface area contributed by atoms with Crippen molar-refractivity contribution in [3.05, 3.63) is 0 Å². The highest BCUT2D eigenvalue weighted by Crippen LogP contribution is 2.20. The summed E-state index contributed by atoms with van der Waals surface area (Å²) >= 11 is 0. The third-order valence-corrected chi connectivity index (χ3v) is 6.09. The molecule has 0 aromatic heterocycles. The minimum atomic E-state index is 0.0374. The van der Waals surface area contributed by atoms with Crippen LogP contribution in [0.4, 0.5) is 0 Å². The van der Waals surface area contributed by atoms with Crippen molar-refractivity contribution >= 4 is 0 Å². The van der Waals surface area contributed by atoms with Gasteiger partial charge in [0, 0.05) is 6.61 Å². The first kappa shape index (κ1) is 36.7. The highest BCUT2D eigenvalue weighted by molar-refractivity contribution is 4.59. The lowest BCUT2D eigenvalue weighted by Crippen LogP contribution is -2.14. The molecule has 0 aliphatic heterocycles. The topological polar surface area (TPSA) is 84.8 Å². The largest absolute Gasteiger partial charge is 0.394 e. The first-order valence-electron chi connectivity index (χ1n) is 14.7. The molecular weight excluding hydrogens is 476 g/mol. The summed E-state index contributed by atoms with van der Waals surface area (Å²) in [6.45, 7) is 17.2. The second kappa shape index (κ2) is 30.2. The predicted molar refractivity (Wildman–Crippen MR) is 148 cm³/mol. The van der Waals surface area contributed by atoms with E-state index in [1.807, 2.05) is 0 Å². The Labute approximate surface area is 228 Å². The molecule has 2 unspecified atom stereocenters. The SMILES string of the molecule is CC(C)CCCC(C)CCCC(C)CCOCCOCCOCCOCCOCCOCCOCCO. The Hall–Kier alpha value is -0.320. The van der Waals surface area contributed by atoms with Crippen molar-refractivity contribution in [2.45, 2.75) is 72.6 Å². The monoisotopic (exact) mass is 536 g/mol. The molecule has 0 radical (unpaired) electrons. The van der Waals surface area contributed by atoms with Gasteiger partial charge in [-0.25, -0.2) is 0 Å². The molecular formula is C29H60O8. The Kier molecular flexibility index (Phi) is 30.0. The fraction of sp³-hybridized carbons (Fsp3) is 1.00. The smallest absolute Gasteiger partial charge is 0.0701 e. The van der Waals surface area contributed by atoms with E-state index >= 15 is 0 Å². The summed E-state index contributed by atoms with van der Waals surface area (Å²) in [6.07, 6.45) is 9.26. The van der Waals surface area contributed by atoms with Gasteiger partial charge in [0.15, 0.2) is 0 Å². The van der Waals surface area contributed by atoms with E-state index in [4.69, 9.17) is 38.3 Å². The van der Waals surface area contributed by atoms with E-state index in [1.54, 1.807) is 0 Å². The second-order valence-corrected chi connectivity index (χ2v) is 10.3. The van der Waals surface area contributed by atoms with Crippen molar-refractivity contribution in [3.63, 3.8) is 0 Å². The quantitative estimate of drug-likeness (QED) is 0.127. The molecule has 2 atom stereocenters. The number of aliphatic hydroxyl groups is 1. The molecule has 0 aromatic rings. The van der Waals surface area contributed by atoms with Crippen LogP contribution in [0.3, 0.4) is 0 Å². The van der Waals surface area contributed by atoms with Gasteiger partial charge in [0.25, 0.3) is 0 Å². The Morgan fingerprint density at radius 1 is 0.378 bits per heavy atom. The van der Waals surface area contributed by atoms with Crippen LogP contribution in [0, 0.1) is 17.8 Å². The van der Waals surface area contributed by atoms with Crippen molar-refractivity contribution in [1.82, 2.24) is 0 Å². The minimum absolute atomic E-state index is 0.0374. The molecule has 37 heavy (non-hydrogen) atoms. The first-order valence-corrected chi connectivity index (χ1v) is 14.7. The van der Waals surface area contributed by atoms with E-state index in [0.29, 0.717) is 85.9 Å². The lowest BCUT2D eigenvalue weighted by atomic mass is 9.93. The molecule has 0 aliphatic carbocycles. The molecule has 1 N–H and O–H groups in total. The molecule has 0 spiro atoms. The molecule has 8 heteroatoms. The van der Waals surface area contributed by atoms with E-state index in [9.17, 15) is 0 Å². The van der Waals surface area contributed by atoms with E-state index in [1.165, 1.54) is 38.5 Å². The highest BCUT2D eigenvalue weighted by atomic mass is 16.6. The molecule has 0 aromatic carbocycles. The summed E-state index contributed by atoms with van der Waals surface area (Å²) in [6, 6.07) is 0. The maximum atomic E-state index is 8.57. The molecule has 0 amide bonds. The van der Waals surface area contributed by atoms with Crippen molar-refractivity contribution in [1.29, 1.82) is 0 Å². The molecule has 0 saturated carbocycles. The maximum Gasteiger partial charge on any atom is 0.0701 e. The van der Waals surface area contributed by atoms with Gasteiger partial charge >= 0.3 is 0 Å². The van der Waals surface area contributed by atoms with Crippen LogP contribution in [0.25, 0.3) is 0 Å². The van der Waals surface area contributed by atoms with Crippen LogP contribution in [0.5, 0.6) is 0 Å². The van der Waals surface area contributed by atoms with Gasteiger partial charge in [0.1, 0.15) is 0 Å². The normalized spacial score (nSPS) is 13.5. The summed E-state index contributed by atoms with van der Waals surface area (Å²) < 4.78 is 38.1. The van der Waals surface area contributed by atoms with Gasteiger partial charge in [-0.2, -0.15) is 0 Å². The fourth-order valence-electron chi connectivity index (χ4n) is 3.75. The summed E-state index contributed by atoms with van der Waals surface area (Å²) in [5.41, 5.74) is 0. The van der Waals surface area contributed by atoms with Crippen LogP contribution >= 0.6 is 0 Å². The summed E-state index contributed by atoms with van der Waals surface area (Å²) in [7, 11) is 0. The number of hydrogen-bond acceptors (Lipinski definition) is 8.